The molecule has 102 valence electrons. The van der Waals surface area contributed by atoms with Gasteiger partial charge in [-0.15, -0.1) is 0 Å². The van der Waals surface area contributed by atoms with Gasteiger partial charge in [0, 0.05) is 17.4 Å². The molecule has 1 spiro atoms. The maximum absolute atomic E-state index is 14.2. The largest absolute Gasteiger partial charge is 0.341 e. The smallest absolute Gasteiger partial charge is 0.237 e. The second kappa shape index (κ2) is 3.84. The lowest BCUT2D eigenvalue weighted by atomic mass is 10.1. The van der Waals surface area contributed by atoms with Gasteiger partial charge in [-0.05, 0) is 6.07 Å². The first-order chi connectivity index (χ1) is 8.88. The molecule has 3 rings (SSSR count). The van der Waals surface area contributed by atoms with Crippen LogP contribution in [-0.2, 0) is 25.1 Å². The van der Waals surface area contributed by atoms with Crippen LogP contribution in [-0.4, -0.2) is 39.8 Å². The highest BCUT2D eigenvalue weighted by Gasteiger charge is 2.59. The van der Waals surface area contributed by atoms with Gasteiger partial charge in [0.05, 0.1) is 18.1 Å². The summed E-state index contributed by atoms with van der Waals surface area (Å²) in [5, 5.41) is 0. The Morgan fingerprint density at radius 1 is 1.32 bits per heavy atom. The van der Waals surface area contributed by atoms with E-state index < -0.39 is 27.6 Å². The minimum absolute atomic E-state index is 0.00694. The SMILES string of the molecule is CS(=O)(=O)c1cccc2c1C1(OCCO1)C(F)C2=O. The van der Waals surface area contributed by atoms with Crippen LogP contribution in [0.15, 0.2) is 23.1 Å². The number of rotatable bonds is 1. The number of Topliss-reactive ketones (excluding diaryl/α,β-unsaturated/α-hetero) is 1. The minimum Gasteiger partial charge on any atom is -0.341 e. The van der Waals surface area contributed by atoms with E-state index in [0.717, 1.165) is 6.26 Å². The summed E-state index contributed by atoms with van der Waals surface area (Å²) in [5.74, 6) is -2.70. The Labute approximate surface area is 109 Å². The Morgan fingerprint density at radius 3 is 2.53 bits per heavy atom. The Balaban J connectivity index is 2.36. The fourth-order valence-electron chi connectivity index (χ4n) is 2.56. The van der Waals surface area contributed by atoms with Gasteiger partial charge in [0.15, 0.2) is 9.84 Å². The number of alkyl halides is 1. The van der Waals surface area contributed by atoms with Gasteiger partial charge in [0.1, 0.15) is 0 Å². The zero-order valence-corrected chi connectivity index (χ0v) is 10.9. The lowest BCUT2D eigenvalue weighted by Crippen LogP contribution is -2.37. The number of sulfone groups is 1. The number of fused-ring (bicyclic) bond motifs is 2. The van der Waals surface area contributed by atoms with Gasteiger partial charge in [-0.2, -0.15) is 0 Å². The molecule has 1 heterocycles. The zero-order chi connectivity index (χ0) is 13.8. The molecule has 1 aliphatic heterocycles. The number of ether oxygens (including phenoxy) is 2. The molecule has 0 amide bonds. The van der Waals surface area contributed by atoms with Gasteiger partial charge in [-0.25, -0.2) is 12.8 Å². The third-order valence-corrected chi connectivity index (χ3v) is 4.46. The first-order valence-electron chi connectivity index (χ1n) is 5.68. The molecular weight excluding hydrogens is 275 g/mol. The van der Waals surface area contributed by atoms with E-state index in [-0.39, 0.29) is 29.2 Å². The van der Waals surface area contributed by atoms with Crippen LogP contribution < -0.4 is 0 Å². The number of ketones is 1. The summed E-state index contributed by atoms with van der Waals surface area (Å²) < 4.78 is 48.4. The van der Waals surface area contributed by atoms with Gasteiger partial charge in [-0.1, -0.05) is 12.1 Å². The Morgan fingerprint density at radius 2 is 1.95 bits per heavy atom. The summed E-state index contributed by atoms with van der Waals surface area (Å²) >= 11 is 0. The van der Waals surface area contributed by atoms with E-state index in [1.807, 2.05) is 0 Å². The van der Waals surface area contributed by atoms with Gasteiger partial charge >= 0.3 is 0 Å². The maximum atomic E-state index is 14.2. The third-order valence-electron chi connectivity index (χ3n) is 3.32. The number of carbonyl (C=O) groups excluding carboxylic acids is 1. The molecule has 0 bridgehead atoms. The van der Waals surface area contributed by atoms with Crippen molar-refractivity contribution in [3.05, 3.63) is 29.3 Å². The van der Waals surface area contributed by atoms with E-state index in [9.17, 15) is 17.6 Å². The number of halogens is 1. The van der Waals surface area contributed by atoms with E-state index in [4.69, 9.17) is 9.47 Å². The van der Waals surface area contributed by atoms with Crippen LogP contribution in [0.3, 0.4) is 0 Å². The highest BCUT2D eigenvalue weighted by molar-refractivity contribution is 7.90. The van der Waals surface area contributed by atoms with Crippen molar-refractivity contribution in [2.75, 3.05) is 19.5 Å². The Hall–Kier alpha value is -1.31. The molecule has 19 heavy (non-hydrogen) atoms. The van der Waals surface area contributed by atoms with Gasteiger partial charge in [0.2, 0.25) is 17.7 Å². The minimum atomic E-state index is -3.62. The third kappa shape index (κ3) is 1.58. The van der Waals surface area contributed by atoms with E-state index in [2.05, 4.69) is 0 Å². The van der Waals surface area contributed by atoms with E-state index >= 15 is 0 Å². The molecule has 1 fully saturated rings. The van der Waals surface area contributed by atoms with Crippen molar-refractivity contribution < 1.29 is 27.1 Å². The Kier molecular flexibility index (Phi) is 2.57. The van der Waals surface area contributed by atoms with Crippen molar-refractivity contribution in [2.45, 2.75) is 16.9 Å². The molecule has 1 aromatic carbocycles. The number of carbonyl (C=O) groups is 1. The molecule has 1 unspecified atom stereocenters. The average molecular weight is 286 g/mol. The van der Waals surface area contributed by atoms with Crippen molar-refractivity contribution in [3.8, 4) is 0 Å². The van der Waals surface area contributed by atoms with Gasteiger partial charge in [0.25, 0.3) is 0 Å². The van der Waals surface area contributed by atoms with Crippen molar-refractivity contribution in [1.29, 1.82) is 0 Å². The first-order valence-corrected chi connectivity index (χ1v) is 7.57. The second-order valence-corrected chi connectivity index (χ2v) is 6.53. The van der Waals surface area contributed by atoms with E-state index in [1.54, 1.807) is 0 Å². The molecule has 5 nitrogen and oxygen atoms in total. The van der Waals surface area contributed by atoms with Crippen LogP contribution in [0.4, 0.5) is 4.39 Å². The van der Waals surface area contributed by atoms with Crippen LogP contribution in [0, 0.1) is 0 Å². The average Bonchev–Trinajstić information content (AvgIpc) is 2.91. The number of benzene rings is 1. The summed E-state index contributed by atoms with van der Waals surface area (Å²) in [6.45, 7) is 0.233. The Bertz CT molecular complexity index is 661. The highest BCUT2D eigenvalue weighted by Crippen LogP contribution is 2.47. The van der Waals surface area contributed by atoms with Gasteiger partial charge < -0.3 is 9.47 Å². The number of hydrogen-bond acceptors (Lipinski definition) is 5. The van der Waals surface area contributed by atoms with Crippen molar-refractivity contribution in [3.63, 3.8) is 0 Å². The predicted octanol–water partition coefficient (Wildman–Crippen LogP) is 0.824. The van der Waals surface area contributed by atoms with Crippen molar-refractivity contribution in [2.24, 2.45) is 0 Å². The summed E-state index contributed by atoms with van der Waals surface area (Å²) in [7, 11) is -3.62. The lowest BCUT2D eigenvalue weighted by molar-refractivity contribution is -0.193. The van der Waals surface area contributed by atoms with E-state index in [1.165, 1.54) is 18.2 Å². The molecule has 0 radical (unpaired) electrons. The topological polar surface area (TPSA) is 69.7 Å². The van der Waals surface area contributed by atoms with Crippen molar-refractivity contribution >= 4 is 15.6 Å². The molecule has 0 N–H and O–H groups in total. The quantitative estimate of drug-likeness (QED) is 0.764. The van der Waals surface area contributed by atoms with Crippen LogP contribution in [0.25, 0.3) is 0 Å². The molecule has 2 aliphatic rings. The predicted molar refractivity (Wildman–Crippen MR) is 62.4 cm³/mol. The molecular formula is C12H11FO5S. The van der Waals surface area contributed by atoms with Crippen LogP contribution in [0.5, 0.6) is 0 Å². The van der Waals surface area contributed by atoms with Crippen LogP contribution in [0.1, 0.15) is 15.9 Å². The summed E-state index contributed by atoms with van der Waals surface area (Å²) in [6.07, 6.45) is -1.03. The maximum Gasteiger partial charge on any atom is 0.237 e. The molecule has 1 saturated heterocycles. The normalized spacial score (nSPS) is 24.9. The van der Waals surface area contributed by atoms with Crippen LogP contribution in [0.2, 0.25) is 0 Å². The monoisotopic (exact) mass is 286 g/mol. The standard InChI is InChI=1S/C12H11FO5S/c1-19(15,16)8-4-2-3-7-9(8)12(11(13)10(7)14)17-5-6-18-12/h2-4,11H,5-6H2,1H3. The second-order valence-electron chi connectivity index (χ2n) is 4.54. The molecule has 1 atom stereocenters. The molecule has 1 aromatic rings. The number of hydrogen-bond donors (Lipinski definition) is 0. The highest BCUT2D eigenvalue weighted by atomic mass is 32.2. The van der Waals surface area contributed by atoms with Crippen LogP contribution >= 0.6 is 0 Å². The summed E-state index contributed by atoms with van der Waals surface area (Å²) in [5.41, 5.74) is 0.00447. The molecule has 7 heteroatoms. The zero-order valence-electron chi connectivity index (χ0n) is 10.1. The molecule has 0 aromatic heterocycles. The lowest BCUT2D eigenvalue weighted by Gasteiger charge is -2.25. The fraction of sp³-hybridized carbons (Fsp3) is 0.417. The fourth-order valence-corrected chi connectivity index (χ4v) is 3.51. The summed E-state index contributed by atoms with van der Waals surface area (Å²) in [4.78, 5) is 11.8. The summed E-state index contributed by atoms with van der Waals surface area (Å²) in [6, 6.07) is 4.12. The van der Waals surface area contributed by atoms with E-state index in [0.29, 0.717) is 0 Å². The first kappa shape index (κ1) is 12.7. The van der Waals surface area contributed by atoms with Gasteiger partial charge in [-0.3, -0.25) is 4.79 Å². The molecule has 1 aliphatic carbocycles. The van der Waals surface area contributed by atoms with Crippen molar-refractivity contribution in [1.82, 2.24) is 0 Å². The molecule has 0 saturated carbocycles.